The zero-order valence-electron chi connectivity index (χ0n) is 17.1. The average Bonchev–Trinajstić information content (AvgIpc) is 2.81. The van der Waals surface area contributed by atoms with Crippen LogP contribution in [0, 0.1) is 5.92 Å². The summed E-state index contributed by atoms with van der Waals surface area (Å²) in [5.74, 6) is 0.726. The largest absolute Gasteiger partial charge is 0.497 e. The van der Waals surface area contributed by atoms with Crippen LogP contribution in [0.3, 0.4) is 0 Å². The van der Waals surface area contributed by atoms with Crippen LogP contribution in [0.5, 0.6) is 5.75 Å². The van der Waals surface area contributed by atoms with Gasteiger partial charge in [-0.3, -0.25) is 4.90 Å². The SMILES string of the molecule is COc1ccc(CN2C(=O)N=C3C=CC=CC3/C2=N/C(=O)NCc2ccccc2)cc1. The van der Waals surface area contributed by atoms with Crippen molar-refractivity contribution in [2.45, 2.75) is 13.1 Å². The minimum atomic E-state index is -0.504. The second-order valence-corrected chi connectivity index (χ2v) is 7.09. The first-order chi connectivity index (χ1) is 15.1. The zero-order chi connectivity index (χ0) is 21.6. The molecule has 1 unspecified atom stereocenters. The number of rotatable bonds is 5. The number of benzene rings is 2. The van der Waals surface area contributed by atoms with Gasteiger partial charge >= 0.3 is 12.1 Å². The highest BCUT2D eigenvalue weighted by atomic mass is 16.5. The molecule has 0 radical (unpaired) electrons. The Kier molecular flexibility index (Phi) is 6.03. The molecule has 0 fully saturated rings. The molecule has 1 aliphatic carbocycles. The Labute approximate surface area is 180 Å². The molecule has 2 aliphatic rings. The summed E-state index contributed by atoms with van der Waals surface area (Å²) in [5.41, 5.74) is 2.42. The smallest absolute Gasteiger partial charge is 0.349 e. The molecule has 2 aromatic rings. The highest BCUT2D eigenvalue weighted by Gasteiger charge is 2.34. The fourth-order valence-corrected chi connectivity index (χ4v) is 3.40. The number of methoxy groups -OCH3 is 1. The number of hydrogen-bond acceptors (Lipinski definition) is 3. The number of hydrogen-bond donors (Lipinski definition) is 1. The molecule has 2 aromatic carbocycles. The van der Waals surface area contributed by atoms with Gasteiger partial charge in [0.25, 0.3) is 0 Å². The fourth-order valence-electron chi connectivity index (χ4n) is 3.40. The molecule has 7 nitrogen and oxygen atoms in total. The van der Waals surface area contributed by atoms with Crippen LogP contribution in [-0.4, -0.2) is 35.6 Å². The Hall–Kier alpha value is -4.00. The van der Waals surface area contributed by atoms with Crippen LogP contribution in [0.15, 0.2) is 88.9 Å². The zero-order valence-corrected chi connectivity index (χ0v) is 17.1. The minimum Gasteiger partial charge on any atom is -0.497 e. The molecular weight excluding hydrogens is 392 g/mol. The van der Waals surface area contributed by atoms with Gasteiger partial charge in [0.15, 0.2) is 0 Å². The molecule has 1 aliphatic heterocycles. The van der Waals surface area contributed by atoms with Crippen LogP contribution in [0.4, 0.5) is 9.59 Å². The van der Waals surface area contributed by atoms with E-state index in [1.807, 2.05) is 72.8 Å². The second-order valence-electron chi connectivity index (χ2n) is 7.09. The number of amidine groups is 1. The molecule has 156 valence electrons. The second kappa shape index (κ2) is 9.21. The van der Waals surface area contributed by atoms with Crippen molar-refractivity contribution in [2.24, 2.45) is 15.9 Å². The van der Waals surface area contributed by atoms with Crippen LogP contribution in [0.1, 0.15) is 11.1 Å². The lowest BCUT2D eigenvalue weighted by molar-refractivity contribution is 0.226. The van der Waals surface area contributed by atoms with Crippen LogP contribution in [-0.2, 0) is 13.1 Å². The Morgan fingerprint density at radius 1 is 1.10 bits per heavy atom. The van der Waals surface area contributed by atoms with Crippen molar-refractivity contribution in [3.8, 4) is 5.75 Å². The lowest BCUT2D eigenvalue weighted by atomic mass is 9.94. The van der Waals surface area contributed by atoms with Crippen molar-refractivity contribution in [3.63, 3.8) is 0 Å². The van der Waals surface area contributed by atoms with Crippen molar-refractivity contribution < 1.29 is 14.3 Å². The highest BCUT2D eigenvalue weighted by molar-refractivity contribution is 6.24. The van der Waals surface area contributed by atoms with E-state index in [0.717, 1.165) is 16.9 Å². The summed E-state index contributed by atoms with van der Waals surface area (Å²) < 4.78 is 5.19. The molecule has 0 aromatic heterocycles. The van der Waals surface area contributed by atoms with E-state index in [1.165, 1.54) is 4.90 Å². The van der Waals surface area contributed by atoms with Gasteiger partial charge in [-0.25, -0.2) is 9.59 Å². The summed E-state index contributed by atoms with van der Waals surface area (Å²) in [4.78, 5) is 35.3. The van der Waals surface area contributed by atoms with Gasteiger partial charge in [-0.05, 0) is 29.3 Å². The van der Waals surface area contributed by atoms with Crippen molar-refractivity contribution in [1.82, 2.24) is 10.2 Å². The number of ether oxygens (including phenoxy) is 1. The third-order valence-corrected chi connectivity index (χ3v) is 5.01. The molecule has 0 spiro atoms. The number of urea groups is 2. The molecule has 1 heterocycles. The highest BCUT2D eigenvalue weighted by Crippen LogP contribution is 2.23. The topological polar surface area (TPSA) is 83.4 Å². The van der Waals surface area contributed by atoms with E-state index in [-0.39, 0.29) is 12.5 Å². The van der Waals surface area contributed by atoms with Gasteiger partial charge in [0, 0.05) is 6.54 Å². The monoisotopic (exact) mass is 414 g/mol. The molecule has 1 N–H and O–H groups in total. The number of allylic oxidation sites excluding steroid dienone is 3. The number of nitrogens with one attached hydrogen (secondary N) is 1. The van der Waals surface area contributed by atoms with Gasteiger partial charge in [0.1, 0.15) is 11.6 Å². The number of amides is 4. The van der Waals surface area contributed by atoms with E-state index < -0.39 is 12.1 Å². The molecule has 0 saturated heterocycles. The minimum absolute atomic E-state index is 0.248. The van der Waals surface area contributed by atoms with Gasteiger partial charge in [-0.2, -0.15) is 9.98 Å². The standard InChI is InChI=1S/C24H22N4O3/c1-31-19-13-11-18(12-14-19)16-28-22(20-9-5-6-10-21(20)26-24(28)30)27-23(29)25-15-17-7-3-2-4-8-17/h2-14,20H,15-16H2,1H3,(H,25,29)/b27-22-. The predicted octanol–water partition coefficient (Wildman–Crippen LogP) is 4.12. The number of fused-ring (bicyclic) bond motifs is 1. The molecule has 1 atom stereocenters. The summed E-state index contributed by atoms with van der Waals surface area (Å²) in [7, 11) is 1.60. The van der Waals surface area contributed by atoms with Crippen molar-refractivity contribution in [3.05, 3.63) is 90.0 Å². The fraction of sp³-hybridized carbons (Fsp3) is 0.167. The van der Waals surface area contributed by atoms with Crippen LogP contribution in [0.2, 0.25) is 0 Å². The van der Waals surface area contributed by atoms with Crippen LogP contribution >= 0.6 is 0 Å². The van der Waals surface area contributed by atoms with Gasteiger partial charge in [-0.1, -0.05) is 60.7 Å². The molecular formula is C24H22N4O3. The van der Waals surface area contributed by atoms with Crippen molar-refractivity contribution in [2.75, 3.05) is 7.11 Å². The molecule has 4 rings (SSSR count). The molecule has 7 heteroatoms. The first-order valence-electron chi connectivity index (χ1n) is 9.92. The van der Waals surface area contributed by atoms with Gasteiger partial charge in [0.05, 0.1) is 25.3 Å². The Morgan fingerprint density at radius 2 is 1.87 bits per heavy atom. The van der Waals surface area contributed by atoms with Crippen LogP contribution < -0.4 is 10.1 Å². The van der Waals surface area contributed by atoms with E-state index in [1.54, 1.807) is 13.2 Å². The van der Waals surface area contributed by atoms with Gasteiger partial charge in [-0.15, -0.1) is 0 Å². The Bertz CT molecular complexity index is 1090. The normalized spacial score (nSPS) is 18.5. The summed E-state index contributed by atoms with van der Waals surface area (Å²) in [5, 5.41) is 2.79. The Balaban J connectivity index is 1.59. The van der Waals surface area contributed by atoms with Crippen LogP contribution in [0.25, 0.3) is 0 Å². The average molecular weight is 414 g/mol. The summed E-state index contributed by atoms with van der Waals surface area (Å²) in [6.07, 6.45) is 7.33. The summed E-state index contributed by atoms with van der Waals surface area (Å²) in [6.45, 7) is 0.600. The number of carbonyl (C=O) groups is 2. The van der Waals surface area contributed by atoms with E-state index in [9.17, 15) is 9.59 Å². The molecule has 4 amide bonds. The quantitative estimate of drug-likeness (QED) is 0.799. The van der Waals surface area contributed by atoms with Crippen molar-refractivity contribution >= 4 is 23.6 Å². The molecule has 0 bridgehead atoms. The number of carbonyl (C=O) groups excluding carboxylic acids is 2. The van der Waals surface area contributed by atoms with Crippen molar-refractivity contribution in [1.29, 1.82) is 0 Å². The lowest BCUT2D eigenvalue weighted by Crippen LogP contribution is -2.46. The summed E-state index contributed by atoms with van der Waals surface area (Å²) in [6, 6.07) is 16.0. The number of nitrogens with zero attached hydrogens (tertiary/aromatic N) is 3. The maximum absolute atomic E-state index is 12.8. The third-order valence-electron chi connectivity index (χ3n) is 5.01. The third kappa shape index (κ3) is 4.78. The maximum Gasteiger partial charge on any atom is 0.349 e. The predicted molar refractivity (Wildman–Crippen MR) is 119 cm³/mol. The van der Waals surface area contributed by atoms with E-state index >= 15 is 0 Å². The van der Waals surface area contributed by atoms with E-state index in [2.05, 4.69) is 15.3 Å². The lowest BCUT2D eigenvalue weighted by Gasteiger charge is -2.31. The van der Waals surface area contributed by atoms with Gasteiger partial charge in [0.2, 0.25) is 0 Å². The molecule has 0 saturated carbocycles. The van der Waals surface area contributed by atoms with Gasteiger partial charge < -0.3 is 10.1 Å². The van der Waals surface area contributed by atoms with E-state index in [4.69, 9.17) is 4.74 Å². The first kappa shape index (κ1) is 20.3. The number of aliphatic imine (C=N–C) groups is 2. The van der Waals surface area contributed by atoms with E-state index in [0.29, 0.717) is 18.1 Å². The summed E-state index contributed by atoms with van der Waals surface area (Å²) >= 11 is 0. The first-order valence-corrected chi connectivity index (χ1v) is 9.92. The maximum atomic E-state index is 12.8. The molecule has 31 heavy (non-hydrogen) atoms. The Morgan fingerprint density at radius 3 is 2.61 bits per heavy atom.